The Morgan fingerprint density at radius 3 is 2.54 bits per heavy atom. The Morgan fingerprint density at radius 2 is 1.92 bits per heavy atom. The number of likely N-dealkylation sites (N-methyl/N-ethyl adjacent to an activating group) is 2. The van der Waals surface area contributed by atoms with Crippen LogP contribution < -0.4 is 10.2 Å². The number of amides is 1. The van der Waals surface area contributed by atoms with Crippen molar-refractivity contribution >= 4 is 28.3 Å². The van der Waals surface area contributed by atoms with E-state index < -0.39 is 34.5 Å². The monoisotopic (exact) mass is 545 g/mol. The SMILES string of the molecule is CO[C@]1(C)C(=O)N(C)c2cc3c(N[C@H](C)c4cccc(C(F)(F)C(C)(O)CN(C)C)c4F)nc(C)nc3cc21. The number of benzene rings is 2. The van der Waals surface area contributed by atoms with E-state index in [0.29, 0.717) is 33.8 Å². The molecule has 1 amide bonds. The molecule has 210 valence electrons. The highest BCUT2D eigenvalue weighted by Gasteiger charge is 2.52. The van der Waals surface area contributed by atoms with Crippen LogP contribution >= 0.6 is 0 Å². The van der Waals surface area contributed by atoms with Crippen LogP contribution in [0.2, 0.25) is 0 Å². The van der Waals surface area contributed by atoms with Crippen molar-refractivity contribution in [2.24, 2.45) is 0 Å². The molecule has 3 atom stereocenters. The van der Waals surface area contributed by atoms with Gasteiger partial charge in [0.05, 0.1) is 22.8 Å². The van der Waals surface area contributed by atoms with Gasteiger partial charge in [0.25, 0.3) is 5.91 Å². The number of nitrogens with one attached hydrogen (secondary N) is 1. The van der Waals surface area contributed by atoms with Crippen LogP contribution in [-0.2, 0) is 21.1 Å². The lowest BCUT2D eigenvalue weighted by Gasteiger charge is -2.35. The summed E-state index contributed by atoms with van der Waals surface area (Å²) in [6.07, 6.45) is 0. The molecule has 11 heteroatoms. The summed E-state index contributed by atoms with van der Waals surface area (Å²) in [6.45, 7) is 5.65. The Labute approximate surface area is 225 Å². The number of ether oxygens (including phenoxy) is 1. The molecule has 0 saturated carbocycles. The standard InChI is InChI=1S/C28H34F3N5O3/c1-15(17-10-9-11-19(23(17)29)28(30,31)26(3,38)14-35(5)6)32-24-18-12-22-20(13-21(18)33-16(2)34-24)27(4,39-8)25(37)36(22)7/h9-13,15,38H,14H2,1-8H3,(H,32,33,34)/t15-,26?,27+/m1/s1. The largest absolute Gasteiger partial charge is 0.382 e. The van der Waals surface area contributed by atoms with Gasteiger partial charge in [0.2, 0.25) is 0 Å². The Balaban J connectivity index is 1.76. The second kappa shape index (κ2) is 9.72. The lowest BCUT2D eigenvalue weighted by Crippen LogP contribution is -2.50. The van der Waals surface area contributed by atoms with Gasteiger partial charge in [-0.2, -0.15) is 8.78 Å². The summed E-state index contributed by atoms with van der Waals surface area (Å²) < 4.78 is 52.0. The third-order valence-corrected chi connectivity index (χ3v) is 7.41. The quantitative estimate of drug-likeness (QED) is 0.431. The number of carbonyl (C=O) groups is 1. The molecule has 0 spiro atoms. The maximum Gasteiger partial charge on any atom is 0.305 e. The number of fused-ring (bicyclic) bond motifs is 2. The number of hydrogen-bond acceptors (Lipinski definition) is 7. The van der Waals surface area contributed by atoms with Crippen LogP contribution in [0.1, 0.15) is 49.3 Å². The number of carbonyl (C=O) groups excluding carboxylic acids is 1. The Kier molecular flexibility index (Phi) is 7.16. The molecular weight excluding hydrogens is 511 g/mol. The van der Waals surface area contributed by atoms with E-state index in [1.807, 2.05) is 0 Å². The van der Waals surface area contributed by atoms with Crippen LogP contribution in [-0.4, -0.2) is 66.3 Å². The molecule has 2 aromatic carbocycles. The van der Waals surface area contributed by atoms with Gasteiger partial charge in [-0.25, -0.2) is 14.4 Å². The third kappa shape index (κ3) is 4.62. The normalized spacial score (nSPS) is 19.9. The molecule has 8 nitrogen and oxygen atoms in total. The van der Waals surface area contributed by atoms with E-state index in [2.05, 4.69) is 15.3 Å². The molecule has 0 saturated heterocycles. The predicted molar refractivity (Wildman–Crippen MR) is 144 cm³/mol. The highest BCUT2D eigenvalue weighted by Crippen LogP contribution is 2.45. The van der Waals surface area contributed by atoms with E-state index in [4.69, 9.17) is 4.74 Å². The van der Waals surface area contributed by atoms with Crippen molar-refractivity contribution in [3.8, 4) is 0 Å². The number of halogens is 3. The Bertz CT molecular complexity index is 1450. The van der Waals surface area contributed by atoms with E-state index >= 15 is 13.2 Å². The van der Waals surface area contributed by atoms with Gasteiger partial charge in [-0.3, -0.25) is 4.79 Å². The minimum Gasteiger partial charge on any atom is -0.382 e. The number of aryl methyl sites for hydroxylation is 1. The van der Waals surface area contributed by atoms with Crippen molar-refractivity contribution in [1.82, 2.24) is 14.9 Å². The second-order valence-corrected chi connectivity index (χ2v) is 10.8. The molecule has 3 aromatic rings. The van der Waals surface area contributed by atoms with Gasteiger partial charge >= 0.3 is 5.92 Å². The van der Waals surface area contributed by atoms with Crippen LogP contribution in [0.3, 0.4) is 0 Å². The molecule has 1 aliphatic rings. The van der Waals surface area contributed by atoms with Crippen molar-refractivity contribution in [3.05, 3.63) is 58.7 Å². The molecular formula is C28H34F3N5O3. The zero-order valence-electron chi connectivity index (χ0n) is 23.4. The molecule has 2 heterocycles. The number of hydrogen-bond donors (Lipinski definition) is 2. The van der Waals surface area contributed by atoms with Crippen LogP contribution in [0, 0.1) is 12.7 Å². The average molecular weight is 546 g/mol. The second-order valence-electron chi connectivity index (χ2n) is 10.8. The average Bonchev–Trinajstić information content (AvgIpc) is 3.03. The Morgan fingerprint density at radius 1 is 1.26 bits per heavy atom. The zero-order valence-corrected chi connectivity index (χ0v) is 23.4. The smallest absolute Gasteiger partial charge is 0.305 e. The van der Waals surface area contributed by atoms with E-state index in [9.17, 15) is 9.90 Å². The minimum absolute atomic E-state index is 0.0161. The number of rotatable bonds is 8. The van der Waals surface area contributed by atoms with E-state index in [-0.39, 0.29) is 18.0 Å². The molecule has 4 rings (SSSR count). The van der Waals surface area contributed by atoms with Crippen molar-refractivity contribution in [3.63, 3.8) is 0 Å². The first-order valence-electron chi connectivity index (χ1n) is 12.5. The molecule has 0 radical (unpaired) electrons. The van der Waals surface area contributed by atoms with Crippen molar-refractivity contribution in [2.75, 3.05) is 45.0 Å². The van der Waals surface area contributed by atoms with Gasteiger partial charge in [0.15, 0.2) is 5.60 Å². The zero-order chi connectivity index (χ0) is 29.1. The molecule has 0 bridgehead atoms. The molecule has 1 aromatic heterocycles. The number of methoxy groups -OCH3 is 1. The minimum atomic E-state index is -3.86. The summed E-state index contributed by atoms with van der Waals surface area (Å²) in [4.78, 5) is 24.8. The van der Waals surface area contributed by atoms with Crippen LogP contribution in [0.15, 0.2) is 30.3 Å². The summed E-state index contributed by atoms with van der Waals surface area (Å²) in [5.41, 5.74) is -2.75. The highest BCUT2D eigenvalue weighted by atomic mass is 19.3. The van der Waals surface area contributed by atoms with Crippen LogP contribution in [0.4, 0.5) is 24.7 Å². The predicted octanol–water partition coefficient (Wildman–Crippen LogP) is 4.49. The topological polar surface area (TPSA) is 90.8 Å². The fraction of sp³-hybridized carbons (Fsp3) is 0.464. The summed E-state index contributed by atoms with van der Waals surface area (Å²) in [7, 11) is 6.22. The third-order valence-electron chi connectivity index (χ3n) is 7.41. The first-order valence-corrected chi connectivity index (χ1v) is 12.5. The van der Waals surface area contributed by atoms with Crippen LogP contribution in [0.5, 0.6) is 0 Å². The van der Waals surface area contributed by atoms with Crippen molar-refractivity contribution < 1.29 is 27.8 Å². The molecule has 0 fully saturated rings. The van der Waals surface area contributed by atoms with Crippen LogP contribution in [0.25, 0.3) is 10.9 Å². The maximum absolute atomic E-state index is 15.6. The number of aliphatic hydroxyl groups is 1. The summed E-state index contributed by atoms with van der Waals surface area (Å²) in [6, 6.07) is 6.50. The molecule has 1 unspecified atom stereocenters. The number of alkyl halides is 2. The van der Waals surface area contributed by atoms with Gasteiger partial charge in [0, 0.05) is 37.2 Å². The highest BCUT2D eigenvalue weighted by molar-refractivity contribution is 6.09. The van der Waals surface area contributed by atoms with E-state index in [1.54, 1.807) is 54.0 Å². The molecule has 2 N–H and O–H groups in total. The maximum atomic E-state index is 15.6. The fourth-order valence-corrected chi connectivity index (χ4v) is 5.21. The van der Waals surface area contributed by atoms with Gasteiger partial charge in [-0.1, -0.05) is 12.1 Å². The lowest BCUT2D eigenvalue weighted by molar-refractivity contribution is -0.186. The van der Waals surface area contributed by atoms with Gasteiger partial charge in [-0.15, -0.1) is 0 Å². The number of anilines is 2. The molecule has 1 aliphatic heterocycles. The lowest BCUT2D eigenvalue weighted by atomic mass is 9.89. The first-order chi connectivity index (χ1) is 18.0. The first kappa shape index (κ1) is 28.7. The van der Waals surface area contributed by atoms with Gasteiger partial charge in [0.1, 0.15) is 23.1 Å². The molecule has 0 aliphatic carbocycles. The summed E-state index contributed by atoms with van der Waals surface area (Å²) >= 11 is 0. The van der Waals surface area contributed by atoms with Crippen molar-refractivity contribution in [1.29, 1.82) is 0 Å². The summed E-state index contributed by atoms with van der Waals surface area (Å²) in [5, 5.41) is 14.3. The fourth-order valence-electron chi connectivity index (χ4n) is 5.21. The molecule has 39 heavy (non-hydrogen) atoms. The van der Waals surface area contributed by atoms with E-state index in [1.165, 1.54) is 29.0 Å². The van der Waals surface area contributed by atoms with Crippen molar-refractivity contribution in [2.45, 2.75) is 50.9 Å². The van der Waals surface area contributed by atoms with Gasteiger partial charge in [-0.05, 0) is 60.0 Å². The summed E-state index contributed by atoms with van der Waals surface area (Å²) in [5.74, 6) is -4.42. The Hall–Kier alpha value is -3.28. The number of nitrogens with zero attached hydrogens (tertiary/aromatic N) is 4. The van der Waals surface area contributed by atoms with E-state index in [0.717, 1.165) is 13.0 Å². The van der Waals surface area contributed by atoms with Gasteiger partial charge < -0.3 is 25.0 Å². The number of aromatic nitrogens is 2.